The van der Waals surface area contributed by atoms with E-state index in [9.17, 15) is 4.79 Å². The zero-order chi connectivity index (χ0) is 18.8. The van der Waals surface area contributed by atoms with Gasteiger partial charge in [-0.25, -0.2) is 4.98 Å². The zero-order valence-corrected chi connectivity index (χ0v) is 15.3. The Morgan fingerprint density at radius 2 is 1.89 bits per heavy atom. The highest BCUT2D eigenvalue weighted by molar-refractivity contribution is 5.95. The molecule has 27 heavy (non-hydrogen) atoms. The summed E-state index contributed by atoms with van der Waals surface area (Å²) in [6.45, 7) is 3.83. The first-order valence-electron chi connectivity index (χ1n) is 9.19. The van der Waals surface area contributed by atoms with Crippen LogP contribution in [0.1, 0.15) is 27.7 Å². The fourth-order valence-electron chi connectivity index (χ4n) is 3.77. The molecular weight excluding hydrogens is 338 g/mol. The molecule has 3 aromatic rings. The van der Waals surface area contributed by atoms with Gasteiger partial charge in [0.1, 0.15) is 5.82 Å². The summed E-state index contributed by atoms with van der Waals surface area (Å²) < 4.78 is 0. The van der Waals surface area contributed by atoms with Gasteiger partial charge in [-0.1, -0.05) is 42.5 Å². The van der Waals surface area contributed by atoms with Crippen molar-refractivity contribution in [3.8, 4) is 11.4 Å². The topological polar surface area (TPSA) is 87.9 Å². The van der Waals surface area contributed by atoms with E-state index in [1.165, 1.54) is 5.56 Å². The molecule has 0 radical (unpaired) electrons. The molecule has 0 aliphatic carbocycles. The van der Waals surface area contributed by atoms with Gasteiger partial charge in [-0.2, -0.15) is 5.10 Å². The number of benzene rings is 2. The van der Waals surface area contributed by atoms with Crippen molar-refractivity contribution in [2.45, 2.75) is 12.8 Å². The number of nitrogens with zero attached hydrogens (tertiary/aromatic N) is 3. The van der Waals surface area contributed by atoms with Crippen molar-refractivity contribution in [2.24, 2.45) is 11.7 Å². The summed E-state index contributed by atoms with van der Waals surface area (Å²) in [7, 11) is 0. The lowest BCUT2D eigenvalue weighted by molar-refractivity contribution is 0.0786. The molecule has 1 aliphatic rings. The molecule has 2 heterocycles. The van der Waals surface area contributed by atoms with Crippen LogP contribution < -0.4 is 5.73 Å². The van der Waals surface area contributed by atoms with E-state index in [0.717, 1.165) is 11.4 Å². The lowest BCUT2D eigenvalue weighted by atomic mass is 9.89. The molecule has 2 aromatic carbocycles. The van der Waals surface area contributed by atoms with Gasteiger partial charge in [0, 0.05) is 30.1 Å². The Balaban J connectivity index is 1.51. The summed E-state index contributed by atoms with van der Waals surface area (Å²) in [4.78, 5) is 19.2. The molecule has 0 bridgehead atoms. The monoisotopic (exact) mass is 361 g/mol. The van der Waals surface area contributed by atoms with Crippen molar-refractivity contribution in [3.05, 3.63) is 71.5 Å². The number of likely N-dealkylation sites (tertiary alicyclic amines) is 1. The van der Waals surface area contributed by atoms with E-state index in [-0.39, 0.29) is 17.7 Å². The van der Waals surface area contributed by atoms with Crippen LogP contribution >= 0.6 is 0 Å². The number of H-pyrrole nitrogens is 1. The second-order valence-corrected chi connectivity index (χ2v) is 7.04. The van der Waals surface area contributed by atoms with Crippen molar-refractivity contribution < 1.29 is 4.79 Å². The second kappa shape index (κ2) is 7.32. The van der Waals surface area contributed by atoms with Crippen LogP contribution in [-0.2, 0) is 0 Å². The fraction of sp³-hybridized carbons (Fsp3) is 0.286. The molecule has 138 valence electrons. The van der Waals surface area contributed by atoms with Crippen molar-refractivity contribution in [1.82, 2.24) is 20.1 Å². The fourth-order valence-corrected chi connectivity index (χ4v) is 3.77. The molecule has 0 spiro atoms. The third-order valence-electron chi connectivity index (χ3n) is 5.25. The molecule has 6 nitrogen and oxygen atoms in total. The summed E-state index contributed by atoms with van der Waals surface area (Å²) >= 11 is 0. The predicted octanol–water partition coefficient (Wildman–Crippen LogP) is 2.59. The van der Waals surface area contributed by atoms with Gasteiger partial charge in [-0.3, -0.25) is 9.89 Å². The molecular formula is C21H23N5O. The number of nitrogens with two attached hydrogens (primary N) is 1. The van der Waals surface area contributed by atoms with Crippen LogP contribution in [0, 0.1) is 12.8 Å². The quantitative estimate of drug-likeness (QED) is 0.748. The number of aromatic amines is 1. The minimum absolute atomic E-state index is 0.0459. The molecule has 1 aliphatic heterocycles. The van der Waals surface area contributed by atoms with Crippen LogP contribution in [-0.4, -0.2) is 45.6 Å². The first kappa shape index (κ1) is 17.4. The number of hydrogen-bond acceptors (Lipinski definition) is 4. The van der Waals surface area contributed by atoms with E-state index in [1.807, 2.05) is 54.3 Å². The molecule has 0 saturated carbocycles. The molecule has 3 N–H and O–H groups in total. The van der Waals surface area contributed by atoms with Crippen LogP contribution in [0.3, 0.4) is 0 Å². The first-order valence-corrected chi connectivity index (χ1v) is 9.19. The summed E-state index contributed by atoms with van der Waals surface area (Å²) in [6.07, 6.45) is 0. The van der Waals surface area contributed by atoms with Gasteiger partial charge in [0.15, 0.2) is 5.82 Å². The average molecular weight is 361 g/mol. The largest absolute Gasteiger partial charge is 0.338 e. The lowest BCUT2D eigenvalue weighted by Gasteiger charge is -2.17. The van der Waals surface area contributed by atoms with Crippen molar-refractivity contribution >= 4 is 5.91 Å². The van der Waals surface area contributed by atoms with Crippen molar-refractivity contribution in [3.63, 3.8) is 0 Å². The van der Waals surface area contributed by atoms with E-state index in [1.54, 1.807) is 0 Å². The highest BCUT2D eigenvalue weighted by Crippen LogP contribution is 2.33. The van der Waals surface area contributed by atoms with Gasteiger partial charge in [-0.05, 0) is 37.1 Å². The SMILES string of the molecule is Cc1nc(-c2ccc(C(=O)N3C[C@@H](CN)[C@H](c4ccccc4)C3)cc2)n[nH]1. The molecule has 6 heteroatoms. The maximum absolute atomic E-state index is 13.0. The lowest BCUT2D eigenvalue weighted by Crippen LogP contribution is -2.29. The number of carbonyl (C=O) groups excluding carboxylic acids is 1. The summed E-state index contributed by atoms with van der Waals surface area (Å²) in [5.41, 5.74) is 8.81. The minimum Gasteiger partial charge on any atom is -0.338 e. The van der Waals surface area contributed by atoms with Gasteiger partial charge in [0.25, 0.3) is 5.91 Å². The Morgan fingerprint density at radius 1 is 1.15 bits per heavy atom. The van der Waals surface area contributed by atoms with Crippen LogP contribution in [0.4, 0.5) is 0 Å². The van der Waals surface area contributed by atoms with Gasteiger partial charge in [0.2, 0.25) is 0 Å². The maximum atomic E-state index is 13.0. The third-order valence-corrected chi connectivity index (χ3v) is 5.25. The van der Waals surface area contributed by atoms with Gasteiger partial charge in [0.05, 0.1) is 0 Å². The Hall–Kier alpha value is -2.99. The van der Waals surface area contributed by atoms with Gasteiger partial charge >= 0.3 is 0 Å². The highest BCUT2D eigenvalue weighted by Gasteiger charge is 2.35. The third kappa shape index (κ3) is 3.48. The Morgan fingerprint density at radius 3 is 2.52 bits per heavy atom. The molecule has 1 saturated heterocycles. The predicted molar refractivity (Wildman–Crippen MR) is 104 cm³/mol. The van der Waals surface area contributed by atoms with Crippen molar-refractivity contribution in [1.29, 1.82) is 0 Å². The van der Waals surface area contributed by atoms with E-state index in [4.69, 9.17) is 5.73 Å². The van der Waals surface area contributed by atoms with E-state index in [2.05, 4.69) is 27.3 Å². The normalized spacial score (nSPS) is 19.4. The molecule has 2 atom stereocenters. The number of rotatable bonds is 4. The van der Waals surface area contributed by atoms with E-state index < -0.39 is 0 Å². The average Bonchev–Trinajstić information content (AvgIpc) is 3.34. The van der Waals surface area contributed by atoms with Gasteiger partial charge in [-0.15, -0.1) is 0 Å². The summed E-state index contributed by atoms with van der Waals surface area (Å²) in [6, 6.07) is 17.8. The Kier molecular flexibility index (Phi) is 4.73. The molecule has 1 aromatic heterocycles. The minimum atomic E-state index is 0.0459. The number of carbonyl (C=O) groups is 1. The highest BCUT2D eigenvalue weighted by atomic mass is 16.2. The summed E-state index contributed by atoms with van der Waals surface area (Å²) in [5.74, 6) is 2.02. The Bertz CT molecular complexity index is 919. The van der Waals surface area contributed by atoms with E-state index in [0.29, 0.717) is 31.0 Å². The van der Waals surface area contributed by atoms with Crippen LogP contribution in [0.25, 0.3) is 11.4 Å². The standard InChI is InChI=1S/C21H23N5O/c1-14-23-20(25-24-14)16-7-9-17(10-8-16)21(27)26-12-18(11-22)19(13-26)15-5-3-2-4-6-15/h2-10,18-19H,11-13,22H2,1H3,(H,23,24,25)/t18-,19+/m1/s1. The molecule has 0 unspecified atom stereocenters. The van der Waals surface area contributed by atoms with Crippen LogP contribution in [0.15, 0.2) is 54.6 Å². The number of amides is 1. The molecule has 4 rings (SSSR count). The number of hydrogen-bond donors (Lipinski definition) is 2. The van der Waals surface area contributed by atoms with Crippen LogP contribution in [0.5, 0.6) is 0 Å². The number of nitrogens with one attached hydrogen (secondary N) is 1. The van der Waals surface area contributed by atoms with E-state index >= 15 is 0 Å². The number of aryl methyl sites for hydroxylation is 1. The van der Waals surface area contributed by atoms with Gasteiger partial charge < -0.3 is 10.6 Å². The summed E-state index contributed by atoms with van der Waals surface area (Å²) in [5, 5.41) is 6.99. The van der Waals surface area contributed by atoms with Crippen molar-refractivity contribution in [2.75, 3.05) is 19.6 Å². The van der Waals surface area contributed by atoms with Crippen LogP contribution in [0.2, 0.25) is 0 Å². The maximum Gasteiger partial charge on any atom is 0.253 e. The smallest absolute Gasteiger partial charge is 0.253 e. The zero-order valence-electron chi connectivity index (χ0n) is 15.3. The second-order valence-electron chi connectivity index (χ2n) is 7.04. The Labute approximate surface area is 158 Å². The number of aromatic nitrogens is 3. The molecule has 1 fully saturated rings. The first-order chi connectivity index (χ1) is 13.2. The molecule has 1 amide bonds.